The Bertz CT molecular complexity index is 423. The van der Waals surface area contributed by atoms with E-state index in [-0.39, 0.29) is 0 Å². The highest BCUT2D eigenvalue weighted by atomic mass is 35.5. The number of benzene rings is 1. The van der Waals surface area contributed by atoms with Crippen LogP contribution in [0.3, 0.4) is 0 Å². The van der Waals surface area contributed by atoms with Gasteiger partial charge in [-0.2, -0.15) is 0 Å². The largest absolute Gasteiger partial charge is 0.313 e. The first kappa shape index (κ1) is 17.2. The van der Waals surface area contributed by atoms with Crippen molar-refractivity contribution in [3.63, 3.8) is 0 Å². The summed E-state index contributed by atoms with van der Waals surface area (Å²) in [6.07, 6.45) is 6.95. The van der Waals surface area contributed by atoms with Crippen molar-refractivity contribution in [1.29, 1.82) is 0 Å². The first-order valence-corrected chi connectivity index (χ1v) is 9.73. The van der Waals surface area contributed by atoms with Gasteiger partial charge < -0.3 is 5.32 Å². The second kappa shape index (κ2) is 9.07. The Balaban J connectivity index is 1.99. The number of halogens is 1. The van der Waals surface area contributed by atoms with Crippen LogP contribution in [-0.2, 0) is 0 Å². The molecule has 0 heterocycles. The Morgan fingerprint density at radius 3 is 2.71 bits per heavy atom. The van der Waals surface area contributed by atoms with Crippen LogP contribution < -0.4 is 5.32 Å². The Hall–Kier alpha value is -0.180. The van der Waals surface area contributed by atoms with E-state index in [1.807, 2.05) is 23.9 Å². The second-order valence-electron chi connectivity index (χ2n) is 6.02. The maximum absolute atomic E-state index is 6.29. The molecule has 2 rings (SSSR count). The third kappa shape index (κ3) is 4.91. The van der Waals surface area contributed by atoms with E-state index in [2.05, 4.69) is 31.3 Å². The number of hydrogen-bond donors (Lipinski definition) is 1. The van der Waals surface area contributed by atoms with E-state index in [0.717, 1.165) is 29.2 Å². The zero-order valence-corrected chi connectivity index (χ0v) is 14.8. The molecule has 118 valence electrons. The van der Waals surface area contributed by atoms with Crippen molar-refractivity contribution in [2.75, 3.05) is 12.3 Å². The summed E-state index contributed by atoms with van der Waals surface area (Å²) in [7, 11) is 0. The fraction of sp³-hybridized carbons (Fsp3) is 0.667. The maximum atomic E-state index is 6.29. The predicted octanol–water partition coefficient (Wildman–Crippen LogP) is 5.63. The lowest BCUT2D eigenvalue weighted by Gasteiger charge is -2.37. The zero-order valence-electron chi connectivity index (χ0n) is 13.3. The molecular formula is C18H28ClNS. The summed E-state index contributed by atoms with van der Waals surface area (Å²) >= 11 is 8.19. The highest BCUT2D eigenvalue weighted by Gasteiger charge is 2.30. The number of hydrogen-bond acceptors (Lipinski definition) is 2. The van der Waals surface area contributed by atoms with Gasteiger partial charge in [-0.25, -0.2) is 0 Å². The van der Waals surface area contributed by atoms with E-state index in [0.29, 0.717) is 6.04 Å². The van der Waals surface area contributed by atoms with Gasteiger partial charge in [-0.05, 0) is 36.9 Å². The summed E-state index contributed by atoms with van der Waals surface area (Å²) in [6.45, 7) is 5.63. The molecule has 3 heteroatoms. The fourth-order valence-electron chi connectivity index (χ4n) is 3.61. The Kier molecular flexibility index (Phi) is 7.42. The molecule has 0 saturated heterocycles. The van der Waals surface area contributed by atoms with E-state index in [1.165, 1.54) is 37.0 Å². The summed E-state index contributed by atoms with van der Waals surface area (Å²) in [5.74, 6) is 2.85. The molecule has 21 heavy (non-hydrogen) atoms. The van der Waals surface area contributed by atoms with Gasteiger partial charge in [0.1, 0.15) is 0 Å². The van der Waals surface area contributed by atoms with Gasteiger partial charge in [0, 0.05) is 16.7 Å². The maximum Gasteiger partial charge on any atom is 0.0541 e. The predicted molar refractivity (Wildman–Crippen MR) is 95.4 cm³/mol. The Labute approximate surface area is 139 Å². The van der Waals surface area contributed by atoms with E-state index in [1.54, 1.807) is 0 Å². The van der Waals surface area contributed by atoms with Gasteiger partial charge in [0.15, 0.2) is 0 Å². The number of nitrogens with one attached hydrogen (secondary N) is 1. The Morgan fingerprint density at radius 2 is 2.00 bits per heavy atom. The molecule has 1 saturated carbocycles. The second-order valence-corrected chi connectivity index (χ2v) is 7.49. The van der Waals surface area contributed by atoms with Crippen LogP contribution in [0.15, 0.2) is 29.2 Å². The van der Waals surface area contributed by atoms with Gasteiger partial charge in [0.25, 0.3) is 0 Å². The molecule has 1 aromatic carbocycles. The van der Waals surface area contributed by atoms with Gasteiger partial charge in [-0.3, -0.25) is 0 Å². The SMILES string of the molecule is CCNC(CSc1ccccc1Cl)C1CCCCC1CC. The van der Waals surface area contributed by atoms with E-state index < -0.39 is 0 Å². The van der Waals surface area contributed by atoms with Crippen molar-refractivity contribution in [3.05, 3.63) is 29.3 Å². The summed E-state index contributed by atoms with van der Waals surface area (Å²) in [5.41, 5.74) is 0. The van der Waals surface area contributed by atoms with Crippen molar-refractivity contribution < 1.29 is 0 Å². The third-order valence-electron chi connectivity index (χ3n) is 4.73. The molecule has 1 aromatic rings. The molecule has 1 aliphatic carbocycles. The minimum Gasteiger partial charge on any atom is -0.313 e. The molecule has 1 aliphatic rings. The van der Waals surface area contributed by atoms with Crippen LogP contribution in [0, 0.1) is 11.8 Å². The zero-order chi connectivity index (χ0) is 15.1. The van der Waals surface area contributed by atoms with Crippen LogP contribution in [0.25, 0.3) is 0 Å². The quantitative estimate of drug-likeness (QED) is 0.652. The molecule has 3 unspecified atom stereocenters. The topological polar surface area (TPSA) is 12.0 Å². The van der Waals surface area contributed by atoms with Crippen LogP contribution in [-0.4, -0.2) is 18.3 Å². The molecule has 0 aromatic heterocycles. The van der Waals surface area contributed by atoms with E-state index in [9.17, 15) is 0 Å². The first-order chi connectivity index (χ1) is 10.3. The van der Waals surface area contributed by atoms with Gasteiger partial charge in [0.2, 0.25) is 0 Å². The lowest BCUT2D eigenvalue weighted by Crippen LogP contribution is -2.42. The molecule has 0 spiro atoms. The van der Waals surface area contributed by atoms with Gasteiger partial charge >= 0.3 is 0 Å². The highest BCUT2D eigenvalue weighted by Crippen LogP contribution is 2.37. The van der Waals surface area contributed by atoms with Crippen molar-refractivity contribution in [2.45, 2.75) is 56.9 Å². The molecular weight excluding hydrogens is 298 g/mol. The minimum atomic E-state index is 0.613. The van der Waals surface area contributed by atoms with Crippen LogP contribution in [0.5, 0.6) is 0 Å². The first-order valence-electron chi connectivity index (χ1n) is 8.37. The van der Waals surface area contributed by atoms with Crippen LogP contribution in [0.2, 0.25) is 5.02 Å². The number of thioether (sulfide) groups is 1. The molecule has 1 nitrogen and oxygen atoms in total. The lowest BCUT2D eigenvalue weighted by atomic mass is 9.74. The van der Waals surface area contributed by atoms with Crippen LogP contribution in [0.4, 0.5) is 0 Å². The minimum absolute atomic E-state index is 0.613. The van der Waals surface area contributed by atoms with Crippen molar-refractivity contribution in [2.24, 2.45) is 11.8 Å². The Morgan fingerprint density at radius 1 is 1.24 bits per heavy atom. The van der Waals surface area contributed by atoms with Gasteiger partial charge in [-0.1, -0.05) is 63.3 Å². The number of rotatable bonds is 7. The molecule has 0 radical (unpaired) electrons. The van der Waals surface area contributed by atoms with Gasteiger partial charge in [0.05, 0.1) is 5.02 Å². The average molecular weight is 326 g/mol. The molecule has 0 amide bonds. The molecule has 0 aliphatic heterocycles. The summed E-state index contributed by atoms with van der Waals surface area (Å²) < 4.78 is 0. The highest BCUT2D eigenvalue weighted by molar-refractivity contribution is 7.99. The summed E-state index contributed by atoms with van der Waals surface area (Å²) in [5, 5.41) is 4.63. The lowest BCUT2D eigenvalue weighted by molar-refractivity contribution is 0.186. The summed E-state index contributed by atoms with van der Waals surface area (Å²) in [4.78, 5) is 1.21. The monoisotopic (exact) mass is 325 g/mol. The van der Waals surface area contributed by atoms with Crippen molar-refractivity contribution in [3.8, 4) is 0 Å². The summed E-state index contributed by atoms with van der Waals surface area (Å²) in [6, 6.07) is 8.81. The van der Waals surface area contributed by atoms with E-state index in [4.69, 9.17) is 11.6 Å². The average Bonchev–Trinajstić information content (AvgIpc) is 2.53. The van der Waals surface area contributed by atoms with E-state index >= 15 is 0 Å². The molecule has 0 bridgehead atoms. The molecule has 1 fully saturated rings. The van der Waals surface area contributed by atoms with Gasteiger partial charge in [-0.15, -0.1) is 11.8 Å². The van der Waals surface area contributed by atoms with Crippen LogP contribution in [0.1, 0.15) is 46.0 Å². The standard InChI is InChI=1S/C18H28ClNS/c1-3-14-9-5-6-10-15(14)17(20-4-2)13-21-18-12-8-7-11-16(18)19/h7-8,11-12,14-15,17,20H,3-6,9-10,13H2,1-2H3. The molecule has 1 N–H and O–H groups in total. The third-order valence-corrected chi connectivity index (χ3v) is 6.36. The van der Waals surface area contributed by atoms with Crippen LogP contribution >= 0.6 is 23.4 Å². The van der Waals surface area contributed by atoms with Crippen molar-refractivity contribution in [1.82, 2.24) is 5.32 Å². The normalized spacial score (nSPS) is 24.0. The van der Waals surface area contributed by atoms with Crippen molar-refractivity contribution >= 4 is 23.4 Å². The smallest absolute Gasteiger partial charge is 0.0541 e. The molecule has 3 atom stereocenters. The fourth-order valence-corrected chi connectivity index (χ4v) is 5.01.